The molecule has 0 saturated heterocycles. The van der Waals surface area contributed by atoms with E-state index in [-0.39, 0.29) is 0 Å². The predicted molar refractivity (Wildman–Crippen MR) is 217 cm³/mol. The van der Waals surface area contributed by atoms with Gasteiger partial charge in [-0.05, 0) is 39.7 Å². The smallest absolute Gasteiger partial charge is 0.164 e. The van der Waals surface area contributed by atoms with E-state index >= 15 is 0 Å². The van der Waals surface area contributed by atoms with Gasteiger partial charge in [0.1, 0.15) is 11.2 Å². The van der Waals surface area contributed by atoms with Crippen LogP contribution in [-0.4, -0.2) is 19.9 Å². The minimum absolute atomic E-state index is 0.609. The van der Waals surface area contributed by atoms with Crippen LogP contribution in [0.15, 0.2) is 174 Å². The molecule has 11 rings (SSSR count). The average Bonchev–Trinajstić information content (AvgIpc) is 3.62. The molecule has 0 atom stereocenters. The molecule has 0 aliphatic carbocycles. The Morgan fingerprint density at radius 3 is 1.57 bits per heavy atom. The summed E-state index contributed by atoms with van der Waals surface area (Å²) in [7, 11) is 0. The molecule has 0 bridgehead atoms. The largest absolute Gasteiger partial charge is 0.455 e. The lowest BCUT2D eigenvalue weighted by atomic mass is 9.97. The lowest BCUT2D eigenvalue weighted by Crippen LogP contribution is -2.01. The maximum atomic E-state index is 6.54. The molecular formula is C48H28N4O. The standard InChI is InChI=1S/C48H28N4O/c1-3-15-33-29(11-1)13-9-19-37(33)47-50-46(51-48(52-47)38-20-10-14-30-12-2-4-16-34(30)38)32-25-23-31(24-26-32)44-40-28-27-36-35-17-6-8-22-42(35)53-45(36)43(40)39-18-5-7-21-41(39)49-44/h1-28H. The molecule has 3 heterocycles. The minimum atomic E-state index is 0.609. The summed E-state index contributed by atoms with van der Waals surface area (Å²) in [6.45, 7) is 0. The van der Waals surface area contributed by atoms with Crippen molar-refractivity contribution in [3.05, 3.63) is 170 Å². The summed E-state index contributed by atoms with van der Waals surface area (Å²) in [5.74, 6) is 1.88. The number of nitrogens with zero attached hydrogens (tertiary/aromatic N) is 4. The van der Waals surface area contributed by atoms with Gasteiger partial charge in [-0.25, -0.2) is 19.9 Å². The van der Waals surface area contributed by atoms with E-state index in [9.17, 15) is 0 Å². The van der Waals surface area contributed by atoms with Gasteiger partial charge in [0, 0.05) is 49.2 Å². The molecule has 11 aromatic rings. The molecule has 0 saturated carbocycles. The molecule has 0 N–H and O–H groups in total. The van der Waals surface area contributed by atoms with E-state index in [0.29, 0.717) is 17.5 Å². The molecule has 0 radical (unpaired) electrons. The van der Waals surface area contributed by atoms with Gasteiger partial charge in [-0.1, -0.05) is 152 Å². The fourth-order valence-corrected chi connectivity index (χ4v) is 7.80. The van der Waals surface area contributed by atoms with Crippen LogP contribution in [0.2, 0.25) is 0 Å². The van der Waals surface area contributed by atoms with Crippen LogP contribution < -0.4 is 0 Å². The highest BCUT2D eigenvalue weighted by atomic mass is 16.3. The van der Waals surface area contributed by atoms with Gasteiger partial charge >= 0.3 is 0 Å². The summed E-state index contributed by atoms with van der Waals surface area (Å²) in [6, 6.07) is 58.5. The van der Waals surface area contributed by atoms with Crippen LogP contribution >= 0.6 is 0 Å². The SMILES string of the molecule is c1ccc2c(-c3nc(-c4ccc(-c5nc6ccccc6c6c5ccc5c7ccccc7oc56)cc4)nc(-c4cccc5ccccc45)n3)cccc2c1. The number of hydrogen-bond acceptors (Lipinski definition) is 5. The number of aromatic nitrogens is 4. The van der Waals surface area contributed by atoms with Crippen LogP contribution in [0, 0.1) is 0 Å². The van der Waals surface area contributed by atoms with E-state index in [1.165, 1.54) is 0 Å². The molecule has 53 heavy (non-hydrogen) atoms. The third-order valence-electron chi connectivity index (χ3n) is 10.3. The van der Waals surface area contributed by atoms with Crippen molar-refractivity contribution in [3.8, 4) is 45.4 Å². The van der Waals surface area contributed by atoms with E-state index in [1.54, 1.807) is 0 Å². The highest BCUT2D eigenvalue weighted by Gasteiger charge is 2.19. The maximum Gasteiger partial charge on any atom is 0.164 e. The predicted octanol–water partition coefficient (Wildman–Crippen LogP) is 12.4. The molecule has 0 amide bonds. The van der Waals surface area contributed by atoms with Crippen LogP contribution in [0.5, 0.6) is 0 Å². The first-order valence-electron chi connectivity index (χ1n) is 17.7. The van der Waals surface area contributed by atoms with Gasteiger partial charge in [0.15, 0.2) is 17.5 Å². The number of furan rings is 1. The van der Waals surface area contributed by atoms with Crippen LogP contribution in [0.4, 0.5) is 0 Å². The molecule has 246 valence electrons. The summed E-state index contributed by atoms with van der Waals surface area (Å²) >= 11 is 0. The third kappa shape index (κ3) is 4.71. The van der Waals surface area contributed by atoms with E-state index in [4.69, 9.17) is 24.4 Å². The van der Waals surface area contributed by atoms with E-state index in [0.717, 1.165) is 93.1 Å². The van der Waals surface area contributed by atoms with Gasteiger partial charge in [-0.3, -0.25) is 0 Å². The minimum Gasteiger partial charge on any atom is -0.455 e. The highest BCUT2D eigenvalue weighted by molar-refractivity contribution is 6.24. The van der Waals surface area contributed by atoms with Crippen LogP contribution in [0.3, 0.4) is 0 Å². The highest BCUT2D eigenvalue weighted by Crippen LogP contribution is 2.41. The second-order valence-corrected chi connectivity index (χ2v) is 13.4. The van der Waals surface area contributed by atoms with Crippen LogP contribution in [0.25, 0.3) is 111 Å². The third-order valence-corrected chi connectivity index (χ3v) is 10.3. The second kappa shape index (κ2) is 11.7. The fraction of sp³-hybridized carbons (Fsp3) is 0. The number of hydrogen-bond donors (Lipinski definition) is 0. The van der Waals surface area contributed by atoms with Gasteiger partial charge < -0.3 is 4.42 Å². The zero-order chi connectivity index (χ0) is 34.9. The molecule has 5 nitrogen and oxygen atoms in total. The van der Waals surface area contributed by atoms with Crippen molar-refractivity contribution in [2.45, 2.75) is 0 Å². The lowest BCUT2D eigenvalue weighted by molar-refractivity contribution is 0.673. The molecule has 8 aromatic carbocycles. The topological polar surface area (TPSA) is 64.7 Å². The Labute approximate surface area is 303 Å². The Kier molecular flexibility index (Phi) is 6.48. The number of rotatable bonds is 4. The van der Waals surface area contributed by atoms with Crippen molar-refractivity contribution in [2.24, 2.45) is 0 Å². The molecular weight excluding hydrogens is 649 g/mol. The lowest BCUT2D eigenvalue weighted by Gasteiger charge is -2.13. The van der Waals surface area contributed by atoms with E-state index in [2.05, 4.69) is 152 Å². The van der Waals surface area contributed by atoms with Crippen molar-refractivity contribution in [2.75, 3.05) is 0 Å². The van der Waals surface area contributed by atoms with Gasteiger partial charge in [0.2, 0.25) is 0 Å². The van der Waals surface area contributed by atoms with Crippen molar-refractivity contribution in [1.82, 2.24) is 19.9 Å². The average molecular weight is 677 g/mol. The first kappa shape index (κ1) is 29.5. The molecule has 0 fully saturated rings. The van der Waals surface area contributed by atoms with Gasteiger partial charge in [-0.2, -0.15) is 0 Å². The quantitative estimate of drug-likeness (QED) is 0.174. The Bertz CT molecular complexity index is 3130. The molecule has 3 aromatic heterocycles. The zero-order valence-electron chi connectivity index (χ0n) is 28.4. The monoisotopic (exact) mass is 676 g/mol. The van der Waals surface area contributed by atoms with E-state index in [1.807, 2.05) is 18.2 Å². The Hall–Kier alpha value is -7.24. The van der Waals surface area contributed by atoms with Gasteiger partial charge in [0.05, 0.1) is 11.2 Å². The maximum absolute atomic E-state index is 6.54. The number of benzene rings is 8. The summed E-state index contributed by atoms with van der Waals surface area (Å²) in [5, 5.41) is 9.86. The Balaban J connectivity index is 1.10. The number of fused-ring (bicyclic) bond motifs is 9. The molecule has 0 aliphatic rings. The summed E-state index contributed by atoms with van der Waals surface area (Å²) in [4.78, 5) is 20.6. The summed E-state index contributed by atoms with van der Waals surface area (Å²) in [6.07, 6.45) is 0. The molecule has 0 spiro atoms. The molecule has 0 unspecified atom stereocenters. The number of para-hydroxylation sites is 2. The first-order chi connectivity index (χ1) is 26.3. The summed E-state index contributed by atoms with van der Waals surface area (Å²) in [5.41, 5.74) is 7.40. The normalized spacial score (nSPS) is 11.8. The molecule has 0 aliphatic heterocycles. The summed E-state index contributed by atoms with van der Waals surface area (Å²) < 4.78 is 6.54. The number of pyridine rings is 1. The zero-order valence-corrected chi connectivity index (χ0v) is 28.4. The van der Waals surface area contributed by atoms with Crippen molar-refractivity contribution in [1.29, 1.82) is 0 Å². The van der Waals surface area contributed by atoms with E-state index < -0.39 is 0 Å². The Morgan fingerprint density at radius 1 is 0.340 bits per heavy atom. The van der Waals surface area contributed by atoms with Crippen molar-refractivity contribution >= 4 is 65.2 Å². The van der Waals surface area contributed by atoms with Crippen molar-refractivity contribution in [3.63, 3.8) is 0 Å². The van der Waals surface area contributed by atoms with Gasteiger partial charge in [-0.15, -0.1) is 0 Å². The molecule has 5 heteroatoms. The van der Waals surface area contributed by atoms with Crippen LogP contribution in [-0.2, 0) is 0 Å². The Morgan fingerprint density at radius 2 is 0.868 bits per heavy atom. The van der Waals surface area contributed by atoms with Gasteiger partial charge in [0.25, 0.3) is 0 Å². The van der Waals surface area contributed by atoms with Crippen LogP contribution in [0.1, 0.15) is 0 Å². The van der Waals surface area contributed by atoms with Crippen molar-refractivity contribution < 1.29 is 4.42 Å². The second-order valence-electron chi connectivity index (χ2n) is 13.4. The first-order valence-corrected chi connectivity index (χ1v) is 17.7. The fourth-order valence-electron chi connectivity index (χ4n) is 7.80.